The maximum Gasteiger partial charge on any atom is 0.273 e. The summed E-state index contributed by atoms with van der Waals surface area (Å²) in [6.07, 6.45) is 1.38. The number of rotatable bonds is 4. The van der Waals surface area contributed by atoms with Crippen molar-refractivity contribution in [1.82, 2.24) is 14.5 Å². The first kappa shape index (κ1) is 17.6. The predicted molar refractivity (Wildman–Crippen MR) is 105 cm³/mol. The molecule has 1 fully saturated rings. The van der Waals surface area contributed by atoms with E-state index < -0.39 is 0 Å². The van der Waals surface area contributed by atoms with Gasteiger partial charge in [0.1, 0.15) is 17.6 Å². The number of anilines is 2. The first-order valence-corrected chi connectivity index (χ1v) is 9.47. The molecule has 1 amide bonds. The molecule has 27 heavy (non-hydrogen) atoms. The number of hydrogen-bond acceptors (Lipinski definition) is 7. The third-order valence-electron chi connectivity index (χ3n) is 4.39. The summed E-state index contributed by atoms with van der Waals surface area (Å²) >= 11 is 1.31. The van der Waals surface area contributed by atoms with Crippen LogP contribution in [0.4, 0.5) is 10.8 Å². The minimum Gasteiger partial charge on any atom is -0.378 e. The van der Waals surface area contributed by atoms with Crippen LogP contribution in [0.15, 0.2) is 35.4 Å². The van der Waals surface area contributed by atoms with E-state index in [1.54, 1.807) is 0 Å². The fourth-order valence-electron chi connectivity index (χ4n) is 2.90. The third-order valence-corrected chi connectivity index (χ3v) is 5.48. The number of ether oxygens (including phenoxy) is 1. The lowest BCUT2D eigenvalue weighted by molar-refractivity contribution is -0.116. The van der Waals surface area contributed by atoms with Gasteiger partial charge >= 0.3 is 0 Å². The lowest BCUT2D eigenvalue weighted by Crippen LogP contribution is -2.36. The summed E-state index contributed by atoms with van der Waals surface area (Å²) in [4.78, 5) is 35.9. The molecular formula is C18H19N5O3S. The van der Waals surface area contributed by atoms with Crippen molar-refractivity contribution >= 4 is 38.4 Å². The second-order valence-corrected chi connectivity index (χ2v) is 7.27. The Bertz CT molecular complexity index is 1040. The molecule has 1 N–H and O–H groups in total. The number of morpholine rings is 1. The van der Waals surface area contributed by atoms with Gasteiger partial charge in [-0.1, -0.05) is 29.5 Å². The molecule has 1 saturated heterocycles. The van der Waals surface area contributed by atoms with Crippen LogP contribution >= 0.6 is 11.3 Å². The van der Waals surface area contributed by atoms with Gasteiger partial charge in [-0.05, 0) is 18.6 Å². The van der Waals surface area contributed by atoms with Gasteiger partial charge in [0, 0.05) is 18.8 Å². The fraction of sp³-hybridized carbons (Fsp3) is 0.333. The van der Waals surface area contributed by atoms with Crippen molar-refractivity contribution in [2.45, 2.75) is 13.5 Å². The van der Waals surface area contributed by atoms with Crippen LogP contribution in [-0.4, -0.2) is 46.7 Å². The topological polar surface area (TPSA) is 89.3 Å². The second-order valence-electron chi connectivity index (χ2n) is 6.29. The Labute approximate surface area is 159 Å². The normalized spacial score (nSPS) is 14.5. The average Bonchev–Trinajstić information content (AvgIpc) is 3.12. The number of aryl methyl sites for hydroxylation is 1. The van der Waals surface area contributed by atoms with Gasteiger partial charge in [-0.25, -0.2) is 4.98 Å². The molecule has 1 aliphatic rings. The molecule has 4 rings (SSSR count). The largest absolute Gasteiger partial charge is 0.378 e. The van der Waals surface area contributed by atoms with Crippen LogP contribution < -0.4 is 15.8 Å². The molecule has 3 aromatic rings. The van der Waals surface area contributed by atoms with Crippen LogP contribution in [0.5, 0.6) is 0 Å². The zero-order valence-electron chi connectivity index (χ0n) is 14.8. The molecule has 0 unspecified atom stereocenters. The molecule has 0 saturated carbocycles. The second kappa shape index (κ2) is 7.45. The van der Waals surface area contributed by atoms with E-state index in [0.29, 0.717) is 23.6 Å². The molecule has 3 heterocycles. The fourth-order valence-corrected chi connectivity index (χ4v) is 3.92. The Morgan fingerprint density at radius 3 is 2.85 bits per heavy atom. The SMILES string of the molecule is Cc1ccccc1NC(=O)Cn1cnc2nc(N3CCOCC3)sc2c1=O. The minimum atomic E-state index is -0.273. The van der Waals surface area contributed by atoms with Crippen LogP contribution in [0.2, 0.25) is 0 Å². The number of benzene rings is 1. The van der Waals surface area contributed by atoms with Gasteiger partial charge in [0.05, 0.1) is 13.2 Å². The summed E-state index contributed by atoms with van der Waals surface area (Å²) in [5.74, 6) is -0.273. The summed E-state index contributed by atoms with van der Waals surface area (Å²) in [5, 5.41) is 3.59. The van der Waals surface area contributed by atoms with Crippen LogP contribution in [-0.2, 0) is 16.1 Å². The predicted octanol–water partition coefficient (Wildman–Crippen LogP) is 1.64. The molecule has 1 aliphatic heterocycles. The van der Waals surface area contributed by atoms with Crippen LogP contribution in [0, 0.1) is 6.92 Å². The van der Waals surface area contributed by atoms with Crippen molar-refractivity contribution in [3.63, 3.8) is 0 Å². The van der Waals surface area contributed by atoms with Crippen LogP contribution in [0.3, 0.4) is 0 Å². The number of para-hydroxylation sites is 1. The molecule has 9 heteroatoms. The first-order chi connectivity index (χ1) is 13.1. The molecule has 8 nitrogen and oxygen atoms in total. The molecule has 0 aliphatic carbocycles. The van der Waals surface area contributed by atoms with Gasteiger partial charge in [0.15, 0.2) is 10.8 Å². The molecule has 0 atom stereocenters. The van der Waals surface area contributed by atoms with Crippen molar-refractivity contribution in [2.75, 3.05) is 36.5 Å². The monoisotopic (exact) mass is 385 g/mol. The Hall–Kier alpha value is -2.78. The molecule has 0 spiro atoms. The highest BCUT2D eigenvalue weighted by molar-refractivity contribution is 7.22. The van der Waals surface area contributed by atoms with Gasteiger partial charge in [-0.3, -0.25) is 14.2 Å². The molecule has 0 bridgehead atoms. The molecular weight excluding hydrogens is 366 g/mol. The summed E-state index contributed by atoms with van der Waals surface area (Å²) < 4.78 is 7.13. The average molecular weight is 385 g/mol. The Kier molecular flexibility index (Phi) is 4.87. The van der Waals surface area contributed by atoms with E-state index >= 15 is 0 Å². The number of carbonyl (C=O) groups is 1. The maximum atomic E-state index is 12.7. The summed E-state index contributed by atoms with van der Waals surface area (Å²) in [6, 6.07) is 7.51. The lowest BCUT2D eigenvalue weighted by Gasteiger charge is -2.25. The summed E-state index contributed by atoms with van der Waals surface area (Å²) in [7, 11) is 0. The van der Waals surface area contributed by atoms with E-state index in [0.717, 1.165) is 29.5 Å². The number of aromatic nitrogens is 3. The summed E-state index contributed by atoms with van der Waals surface area (Å²) in [6.45, 7) is 4.60. The number of hydrogen-bond donors (Lipinski definition) is 1. The molecule has 140 valence electrons. The number of thiazole rings is 1. The van der Waals surface area contributed by atoms with E-state index in [1.807, 2.05) is 31.2 Å². The molecule has 2 aromatic heterocycles. The Balaban J connectivity index is 1.55. The van der Waals surface area contributed by atoms with E-state index in [9.17, 15) is 9.59 Å². The third kappa shape index (κ3) is 3.69. The van der Waals surface area contributed by atoms with Gasteiger partial charge in [0.25, 0.3) is 5.56 Å². The highest BCUT2D eigenvalue weighted by atomic mass is 32.1. The Morgan fingerprint density at radius 2 is 2.07 bits per heavy atom. The standard InChI is InChI=1S/C18H19N5O3S/c1-12-4-2-3-5-13(12)20-14(24)10-23-11-19-16-15(17(23)25)27-18(21-16)22-6-8-26-9-7-22/h2-5,11H,6-10H2,1H3,(H,20,24). The zero-order valence-corrected chi connectivity index (χ0v) is 15.7. The van der Waals surface area contributed by atoms with Crippen LogP contribution in [0.1, 0.15) is 5.56 Å². The number of nitrogens with zero attached hydrogens (tertiary/aromatic N) is 4. The van der Waals surface area contributed by atoms with E-state index in [4.69, 9.17) is 4.74 Å². The van der Waals surface area contributed by atoms with Crippen molar-refractivity contribution < 1.29 is 9.53 Å². The summed E-state index contributed by atoms with van der Waals surface area (Å²) in [5.41, 5.74) is 1.86. The van der Waals surface area contributed by atoms with Gasteiger partial charge in [-0.2, -0.15) is 4.98 Å². The number of fused-ring (bicyclic) bond motifs is 1. The Morgan fingerprint density at radius 1 is 1.30 bits per heavy atom. The number of amides is 1. The number of carbonyl (C=O) groups excluding carboxylic acids is 1. The highest BCUT2D eigenvalue weighted by Gasteiger charge is 2.18. The maximum absolute atomic E-state index is 12.7. The first-order valence-electron chi connectivity index (χ1n) is 8.66. The van der Waals surface area contributed by atoms with Crippen LogP contribution in [0.25, 0.3) is 10.3 Å². The van der Waals surface area contributed by atoms with E-state index in [1.165, 1.54) is 22.2 Å². The van der Waals surface area contributed by atoms with E-state index in [2.05, 4.69) is 20.2 Å². The van der Waals surface area contributed by atoms with Crippen molar-refractivity contribution in [3.05, 3.63) is 46.5 Å². The van der Waals surface area contributed by atoms with Crippen molar-refractivity contribution in [3.8, 4) is 0 Å². The zero-order chi connectivity index (χ0) is 18.8. The van der Waals surface area contributed by atoms with Crippen molar-refractivity contribution in [1.29, 1.82) is 0 Å². The molecule has 1 aromatic carbocycles. The molecule has 0 radical (unpaired) electrons. The van der Waals surface area contributed by atoms with Gasteiger partial charge < -0.3 is 15.0 Å². The minimum absolute atomic E-state index is 0.0963. The number of nitrogens with one attached hydrogen (secondary N) is 1. The van der Waals surface area contributed by atoms with Gasteiger partial charge in [0.2, 0.25) is 5.91 Å². The van der Waals surface area contributed by atoms with Gasteiger partial charge in [-0.15, -0.1) is 0 Å². The lowest BCUT2D eigenvalue weighted by atomic mass is 10.2. The smallest absolute Gasteiger partial charge is 0.273 e. The van der Waals surface area contributed by atoms with E-state index in [-0.39, 0.29) is 18.0 Å². The van der Waals surface area contributed by atoms with Crippen molar-refractivity contribution in [2.24, 2.45) is 0 Å². The quantitative estimate of drug-likeness (QED) is 0.734. The highest BCUT2D eigenvalue weighted by Crippen LogP contribution is 2.25.